The second-order valence-corrected chi connectivity index (χ2v) is 5.17. The zero-order valence-electron chi connectivity index (χ0n) is 13.0. The zero-order chi connectivity index (χ0) is 17.7. The number of pyridine rings is 2. The summed E-state index contributed by atoms with van der Waals surface area (Å²) < 4.78 is 44.3. The molecular formula is C18H14F3N3O. The van der Waals surface area contributed by atoms with Gasteiger partial charge in [-0.2, -0.15) is 13.2 Å². The predicted octanol–water partition coefficient (Wildman–Crippen LogP) is 4.90. The van der Waals surface area contributed by atoms with Crippen LogP contribution in [0.5, 0.6) is 11.6 Å². The Morgan fingerprint density at radius 2 is 1.72 bits per heavy atom. The molecule has 0 aliphatic heterocycles. The van der Waals surface area contributed by atoms with Crippen molar-refractivity contribution in [1.29, 1.82) is 0 Å². The largest absolute Gasteiger partial charge is 0.439 e. The van der Waals surface area contributed by atoms with E-state index in [4.69, 9.17) is 4.74 Å². The molecule has 0 bridgehead atoms. The van der Waals surface area contributed by atoms with Gasteiger partial charge in [0.25, 0.3) is 0 Å². The standard InChI is InChI=1S/C18H14F3N3O/c19-18(20,21)15-7-4-10-22-17(15)24-12-13-8-9-16(23-11-13)25-14-5-2-1-3-6-14/h1-11H,12H2,(H,22,24). The van der Waals surface area contributed by atoms with Crippen LogP contribution in [0.2, 0.25) is 0 Å². The fourth-order valence-corrected chi connectivity index (χ4v) is 2.15. The molecule has 1 N–H and O–H groups in total. The van der Waals surface area contributed by atoms with Crippen LogP contribution in [0.4, 0.5) is 19.0 Å². The monoisotopic (exact) mass is 345 g/mol. The molecule has 2 aromatic heterocycles. The predicted molar refractivity (Wildman–Crippen MR) is 87.3 cm³/mol. The zero-order valence-corrected chi connectivity index (χ0v) is 13.0. The van der Waals surface area contributed by atoms with Crippen LogP contribution in [-0.2, 0) is 12.7 Å². The van der Waals surface area contributed by atoms with Crippen molar-refractivity contribution in [2.24, 2.45) is 0 Å². The first-order chi connectivity index (χ1) is 12.0. The smallest absolute Gasteiger partial charge is 0.419 e. The summed E-state index contributed by atoms with van der Waals surface area (Å²) >= 11 is 0. The van der Waals surface area contributed by atoms with Crippen molar-refractivity contribution in [2.45, 2.75) is 12.7 Å². The third-order valence-electron chi connectivity index (χ3n) is 3.34. The molecule has 1 aromatic carbocycles. The molecule has 0 saturated heterocycles. The summed E-state index contributed by atoms with van der Waals surface area (Å²) in [5, 5.41) is 2.69. The Morgan fingerprint density at radius 1 is 0.920 bits per heavy atom. The molecule has 25 heavy (non-hydrogen) atoms. The van der Waals surface area contributed by atoms with E-state index in [9.17, 15) is 13.2 Å². The van der Waals surface area contributed by atoms with E-state index in [2.05, 4.69) is 15.3 Å². The van der Waals surface area contributed by atoms with Gasteiger partial charge < -0.3 is 10.1 Å². The van der Waals surface area contributed by atoms with Crippen LogP contribution in [0.25, 0.3) is 0 Å². The Labute approximate surface area is 142 Å². The lowest BCUT2D eigenvalue weighted by atomic mass is 10.2. The average molecular weight is 345 g/mol. The SMILES string of the molecule is FC(F)(F)c1cccnc1NCc1ccc(Oc2ccccc2)nc1. The van der Waals surface area contributed by atoms with Crippen molar-refractivity contribution in [3.63, 3.8) is 0 Å². The number of benzene rings is 1. The molecule has 0 fully saturated rings. The van der Waals surface area contributed by atoms with E-state index in [-0.39, 0.29) is 12.4 Å². The van der Waals surface area contributed by atoms with Gasteiger partial charge in [0.05, 0.1) is 5.56 Å². The number of halogens is 3. The van der Waals surface area contributed by atoms with Crippen LogP contribution in [0.15, 0.2) is 67.0 Å². The maximum Gasteiger partial charge on any atom is 0.419 e. The molecule has 2 heterocycles. The van der Waals surface area contributed by atoms with E-state index in [1.54, 1.807) is 30.5 Å². The quantitative estimate of drug-likeness (QED) is 0.714. The number of nitrogens with zero attached hydrogens (tertiary/aromatic N) is 2. The van der Waals surface area contributed by atoms with Crippen molar-refractivity contribution in [2.75, 3.05) is 5.32 Å². The molecule has 4 nitrogen and oxygen atoms in total. The van der Waals surface area contributed by atoms with Gasteiger partial charge in [-0.1, -0.05) is 24.3 Å². The maximum absolute atomic E-state index is 12.9. The summed E-state index contributed by atoms with van der Waals surface area (Å²) in [6.07, 6.45) is -1.60. The molecule has 3 aromatic rings. The topological polar surface area (TPSA) is 47.0 Å². The summed E-state index contributed by atoms with van der Waals surface area (Å²) in [7, 11) is 0. The summed E-state index contributed by atoms with van der Waals surface area (Å²) in [5.41, 5.74) is -0.0915. The van der Waals surface area contributed by atoms with Gasteiger partial charge in [0.1, 0.15) is 11.6 Å². The Balaban J connectivity index is 1.65. The Kier molecular flexibility index (Phi) is 4.83. The first-order valence-corrected chi connectivity index (χ1v) is 7.46. The first-order valence-electron chi connectivity index (χ1n) is 7.46. The Morgan fingerprint density at radius 3 is 2.40 bits per heavy atom. The minimum absolute atomic E-state index is 0.165. The number of rotatable bonds is 5. The van der Waals surface area contributed by atoms with Gasteiger partial charge in [0, 0.05) is 25.0 Å². The molecular weight excluding hydrogens is 331 g/mol. The fraction of sp³-hybridized carbons (Fsp3) is 0.111. The highest BCUT2D eigenvalue weighted by Gasteiger charge is 2.33. The lowest BCUT2D eigenvalue weighted by Crippen LogP contribution is -2.12. The molecule has 0 spiro atoms. The van der Waals surface area contributed by atoms with E-state index in [0.29, 0.717) is 17.2 Å². The Bertz CT molecular complexity index is 821. The van der Waals surface area contributed by atoms with E-state index in [0.717, 1.165) is 6.07 Å². The van der Waals surface area contributed by atoms with Crippen molar-refractivity contribution < 1.29 is 17.9 Å². The number of nitrogens with one attached hydrogen (secondary N) is 1. The lowest BCUT2D eigenvalue weighted by Gasteiger charge is -2.13. The molecule has 0 radical (unpaired) electrons. The lowest BCUT2D eigenvalue weighted by molar-refractivity contribution is -0.137. The second-order valence-electron chi connectivity index (χ2n) is 5.17. The van der Waals surface area contributed by atoms with Crippen LogP contribution < -0.4 is 10.1 Å². The summed E-state index contributed by atoms with van der Waals surface area (Å²) in [6.45, 7) is 0.165. The third kappa shape index (κ3) is 4.47. The number of ether oxygens (including phenoxy) is 1. The van der Waals surface area contributed by atoms with Crippen molar-refractivity contribution in [1.82, 2.24) is 9.97 Å². The fourth-order valence-electron chi connectivity index (χ4n) is 2.15. The number of hydrogen-bond donors (Lipinski definition) is 1. The average Bonchev–Trinajstić information content (AvgIpc) is 2.61. The molecule has 0 aliphatic carbocycles. The van der Waals surface area contributed by atoms with Gasteiger partial charge in [-0.25, -0.2) is 9.97 Å². The van der Waals surface area contributed by atoms with Crippen LogP contribution in [-0.4, -0.2) is 9.97 Å². The van der Waals surface area contributed by atoms with E-state index in [1.807, 2.05) is 18.2 Å². The molecule has 7 heteroatoms. The minimum Gasteiger partial charge on any atom is -0.439 e. The highest BCUT2D eigenvalue weighted by molar-refractivity contribution is 5.46. The van der Waals surface area contributed by atoms with Gasteiger partial charge in [-0.3, -0.25) is 0 Å². The van der Waals surface area contributed by atoms with Gasteiger partial charge in [-0.05, 0) is 29.8 Å². The first kappa shape index (κ1) is 16.8. The van der Waals surface area contributed by atoms with Crippen LogP contribution in [0.1, 0.15) is 11.1 Å². The van der Waals surface area contributed by atoms with Gasteiger partial charge in [0.2, 0.25) is 5.88 Å². The van der Waals surface area contributed by atoms with Crippen LogP contribution in [0, 0.1) is 0 Å². The number of aromatic nitrogens is 2. The van der Waals surface area contributed by atoms with E-state index < -0.39 is 11.7 Å². The molecule has 3 rings (SSSR count). The maximum atomic E-state index is 12.9. The number of alkyl halides is 3. The minimum atomic E-state index is -4.46. The Hall–Kier alpha value is -3.09. The molecule has 0 amide bonds. The van der Waals surface area contributed by atoms with Crippen LogP contribution in [0.3, 0.4) is 0 Å². The molecule has 128 valence electrons. The highest BCUT2D eigenvalue weighted by atomic mass is 19.4. The summed E-state index contributed by atoms with van der Waals surface area (Å²) in [6, 6.07) is 14.8. The number of para-hydroxylation sites is 1. The third-order valence-corrected chi connectivity index (χ3v) is 3.34. The van der Waals surface area contributed by atoms with Crippen molar-refractivity contribution in [3.8, 4) is 11.6 Å². The van der Waals surface area contributed by atoms with Crippen molar-refractivity contribution in [3.05, 3.63) is 78.1 Å². The number of anilines is 1. The van der Waals surface area contributed by atoms with E-state index >= 15 is 0 Å². The van der Waals surface area contributed by atoms with Gasteiger partial charge in [-0.15, -0.1) is 0 Å². The molecule has 0 aliphatic rings. The number of hydrogen-bond acceptors (Lipinski definition) is 4. The summed E-state index contributed by atoms with van der Waals surface area (Å²) in [4.78, 5) is 7.91. The highest BCUT2D eigenvalue weighted by Crippen LogP contribution is 2.33. The van der Waals surface area contributed by atoms with Crippen LogP contribution >= 0.6 is 0 Å². The van der Waals surface area contributed by atoms with Crippen molar-refractivity contribution >= 4 is 5.82 Å². The second kappa shape index (κ2) is 7.21. The van der Waals surface area contributed by atoms with Gasteiger partial charge in [0.15, 0.2) is 0 Å². The molecule has 0 saturated carbocycles. The normalized spacial score (nSPS) is 11.2. The molecule has 0 unspecified atom stereocenters. The molecule has 0 atom stereocenters. The summed E-state index contributed by atoms with van der Waals surface area (Å²) in [5.74, 6) is 0.854. The van der Waals surface area contributed by atoms with E-state index in [1.165, 1.54) is 12.3 Å². The van der Waals surface area contributed by atoms with Gasteiger partial charge >= 0.3 is 6.18 Å².